The number of para-hydroxylation sites is 1. The molecule has 2 rings (SSSR count). The highest BCUT2D eigenvalue weighted by Crippen LogP contribution is 2.19. The van der Waals surface area contributed by atoms with Gasteiger partial charge in [-0.2, -0.15) is 0 Å². The summed E-state index contributed by atoms with van der Waals surface area (Å²) in [6, 6.07) is 17.7. The maximum absolute atomic E-state index is 12.2. The Kier molecular flexibility index (Phi) is 7.68. The van der Waals surface area contributed by atoms with Crippen LogP contribution in [0.5, 0.6) is 5.75 Å². The summed E-state index contributed by atoms with van der Waals surface area (Å²) in [6.07, 6.45) is 1.78. The Morgan fingerprint density at radius 2 is 1.73 bits per heavy atom. The lowest BCUT2D eigenvalue weighted by Gasteiger charge is -2.21. The van der Waals surface area contributed by atoms with Gasteiger partial charge < -0.3 is 15.0 Å². The Hall–Kier alpha value is -2.82. The SMILES string of the molecule is COc1ccccc1CN(CC(=O)NCCCc1ccccc1)C(C)=O. The smallest absolute Gasteiger partial charge is 0.239 e. The molecule has 0 atom stereocenters. The molecular formula is C21H26N2O3. The number of carbonyl (C=O) groups is 2. The molecule has 0 aliphatic rings. The van der Waals surface area contributed by atoms with Gasteiger partial charge in [-0.25, -0.2) is 0 Å². The molecule has 2 aromatic carbocycles. The fraction of sp³-hybridized carbons (Fsp3) is 0.333. The second-order valence-electron chi connectivity index (χ2n) is 6.13. The molecule has 0 aromatic heterocycles. The van der Waals surface area contributed by atoms with Crippen LogP contribution in [0.2, 0.25) is 0 Å². The van der Waals surface area contributed by atoms with Crippen molar-refractivity contribution >= 4 is 11.8 Å². The van der Waals surface area contributed by atoms with Crippen molar-refractivity contribution in [3.8, 4) is 5.75 Å². The van der Waals surface area contributed by atoms with Crippen molar-refractivity contribution in [3.05, 3.63) is 65.7 Å². The second-order valence-corrected chi connectivity index (χ2v) is 6.13. The maximum Gasteiger partial charge on any atom is 0.239 e. The lowest BCUT2D eigenvalue weighted by Crippen LogP contribution is -2.39. The Morgan fingerprint density at radius 1 is 1.04 bits per heavy atom. The van der Waals surface area contributed by atoms with Crippen LogP contribution in [0.4, 0.5) is 0 Å². The van der Waals surface area contributed by atoms with E-state index < -0.39 is 0 Å². The molecule has 2 aromatic rings. The summed E-state index contributed by atoms with van der Waals surface area (Å²) >= 11 is 0. The molecule has 1 N–H and O–H groups in total. The average molecular weight is 354 g/mol. The van der Waals surface area contributed by atoms with E-state index in [4.69, 9.17) is 4.74 Å². The quantitative estimate of drug-likeness (QED) is 0.705. The summed E-state index contributed by atoms with van der Waals surface area (Å²) in [5.41, 5.74) is 2.13. The number of aryl methyl sites for hydroxylation is 1. The first-order valence-corrected chi connectivity index (χ1v) is 8.78. The minimum Gasteiger partial charge on any atom is -0.496 e. The van der Waals surface area contributed by atoms with E-state index in [9.17, 15) is 9.59 Å². The van der Waals surface area contributed by atoms with Crippen LogP contribution in [0.1, 0.15) is 24.5 Å². The lowest BCUT2D eigenvalue weighted by atomic mass is 10.1. The van der Waals surface area contributed by atoms with Crippen molar-refractivity contribution in [2.24, 2.45) is 0 Å². The molecule has 0 bridgehead atoms. The molecule has 0 saturated heterocycles. The third-order valence-electron chi connectivity index (χ3n) is 4.14. The summed E-state index contributed by atoms with van der Waals surface area (Å²) in [6.45, 7) is 2.45. The molecule has 5 nitrogen and oxygen atoms in total. The lowest BCUT2D eigenvalue weighted by molar-refractivity contribution is -0.134. The Labute approximate surface area is 155 Å². The van der Waals surface area contributed by atoms with E-state index in [0.717, 1.165) is 18.4 Å². The highest BCUT2D eigenvalue weighted by molar-refractivity contribution is 5.83. The molecule has 26 heavy (non-hydrogen) atoms. The first-order valence-electron chi connectivity index (χ1n) is 8.78. The van der Waals surface area contributed by atoms with Gasteiger partial charge in [-0.1, -0.05) is 48.5 Å². The van der Waals surface area contributed by atoms with E-state index in [1.54, 1.807) is 7.11 Å². The highest BCUT2D eigenvalue weighted by Gasteiger charge is 2.15. The Bertz CT molecular complexity index is 716. The molecule has 0 aliphatic carbocycles. The standard InChI is InChI=1S/C21H26N2O3/c1-17(24)23(15-19-12-6-7-13-20(19)26-2)16-21(25)22-14-8-11-18-9-4-3-5-10-18/h3-7,9-10,12-13H,8,11,14-16H2,1-2H3,(H,22,25). The molecule has 2 amide bonds. The molecule has 5 heteroatoms. The van der Waals surface area contributed by atoms with Crippen molar-refractivity contribution in [3.63, 3.8) is 0 Å². The van der Waals surface area contributed by atoms with Gasteiger partial charge in [0.2, 0.25) is 11.8 Å². The zero-order valence-corrected chi connectivity index (χ0v) is 15.4. The maximum atomic E-state index is 12.2. The van der Waals surface area contributed by atoms with Gasteiger partial charge in [0.25, 0.3) is 0 Å². The molecule has 0 radical (unpaired) electrons. The molecule has 0 saturated carbocycles. The van der Waals surface area contributed by atoms with Crippen molar-refractivity contribution in [2.45, 2.75) is 26.3 Å². The van der Waals surface area contributed by atoms with Crippen LogP contribution in [-0.2, 0) is 22.6 Å². The van der Waals surface area contributed by atoms with Crippen LogP contribution in [0, 0.1) is 0 Å². The average Bonchev–Trinajstić information content (AvgIpc) is 2.66. The van der Waals surface area contributed by atoms with Gasteiger partial charge in [0.05, 0.1) is 13.7 Å². The predicted octanol–water partition coefficient (Wildman–Crippen LogP) is 2.79. The minimum atomic E-state index is -0.150. The molecule has 0 heterocycles. The number of benzene rings is 2. The number of nitrogens with zero attached hydrogens (tertiary/aromatic N) is 1. The van der Waals surface area contributed by atoms with Gasteiger partial charge in [-0.05, 0) is 24.5 Å². The normalized spacial score (nSPS) is 10.2. The van der Waals surface area contributed by atoms with Gasteiger partial charge in [0.15, 0.2) is 0 Å². The molecule has 138 valence electrons. The summed E-state index contributed by atoms with van der Waals surface area (Å²) in [5, 5.41) is 2.89. The zero-order valence-electron chi connectivity index (χ0n) is 15.4. The first kappa shape index (κ1) is 19.5. The summed E-state index contributed by atoms with van der Waals surface area (Å²) < 4.78 is 5.31. The van der Waals surface area contributed by atoms with E-state index in [1.165, 1.54) is 17.4 Å². The number of rotatable bonds is 9. The largest absolute Gasteiger partial charge is 0.496 e. The van der Waals surface area contributed by atoms with Gasteiger partial charge in [-0.3, -0.25) is 9.59 Å². The van der Waals surface area contributed by atoms with Gasteiger partial charge in [-0.15, -0.1) is 0 Å². The molecule has 0 fully saturated rings. The van der Waals surface area contributed by atoms with Crippen LogP contribution in [0.3, 0.4) is 0 Å². The number of methoxy groups -OCH3 is 1. The van der Waals surface area contributed by atoms with Crippen LogP contribution in [0.25, 0.3) is 0 Å². The third kappa shape index (κ3) is 6.24. The zero-order chi connectivity index (χ0) is 18.8. The predicted molar refractivity (Wildman–Crippen MR) is 102 cm³/mol. The van der Waals surface area contributed by atoms with E-state index in [1.807, 2.05) is 42.5 Å². The number of amides is 2. The molecule has 0 aliphatic heterocycles. The Balaban J connectivity index is 1.81. The molecular weight excluding hydrogens is 328 g/mol. The number of hydrogen-bond acceptors (Lipinski definition) is 3. The van der Waals surface area contributed by atoms with E-state index in [0.29, 0.717) is 18.8 Å². The number of carbonyl (C=O) groups excluding carboxylic acids is 2. The van der Waals surface area contributed by atoms with Crippen molar-refractivity contribution in [2.75, 3.05) is 20.2 Å². The van der Waals surface area contributed by atoms with E-state index in [-0.39, 0.29) is 18.4 Å². The summed E-state index contributed by atoms with van der Waals surface area (Å²) in [7, 11) is 1.59. The van der Waals surface area contributed by atoms with Gasteiger partial charge in [0.1, 0.15) is 5.75 Å². The van der Waals surface area contributed by atoms with Gasteiger partial charge >= 0.3 is 0 Å². The van der Waals surface area contributed by atoms with E-state index in [2.05, 4.69) is 17.4 Å². The topological polar surface area (TPSA) is 58.6 Å². The number of hydrogen-bond donors (Lipinski definition) is 1. The van der Waals surface area contributed by atoms with Crippen LogP contribution >= 0.6 is 0 Å². The fourth-order valence-electron chi connectivity index (χ4n) is 2.71. The third-order valence-corrected chi connectivity index (χ3v) is 4.14. The summed E-state index contributed by atoms with van der Waals surface area (Å²) in [4.78, 5) is 25.6. The van der Waals surface area contributed by atoms with Crippen LogP contribution in [-0.4, -0.2) is 36.9 Å². The highest BCUT2D eigenvalue weighted by atomic mass is 16.5. The monoisotopic (exact) mass is 354 g/mol. The molecule has 0 spiro atoms. The van der Waals surface area contributed by atoms with Crippen LogP contribution < -0.4 is 10.1 Å². The second kappa shape index (κ2) is 10.2. The summed E-state index contributed by atoms with van der Waals surface area (Å²) in [5.74, 6) is 0.417. The number of nitrogens with one attached hydrogen (secondary N) is 1. The van der Waals surface area contributed by atoms with E-state index >= 15 is 0 Å². The number of ether oxygens (including phenoxy) is 1. The van der Waals surface area contributed by atoms with Gasteiger partial charge in [0, 0.05) is 25.6 Å². The molecule has 0 unspecified atom stereocenters. The van der Waals surface area contributed by atoms with Crippen molar-refractivity contribution in [1.82, 2.24) is 10.2 Å². The Morgan fingerprint density at radius 3 is 2.42 bits per heavy atom. The van der Waals surface area contributed by atoms with Crippen LogP contribution in [0.15, 0.2) is 54.6 Å². The minimum absolute atomic E-state index is 0.0404. The van der Waals surface area contributed by atoms with Crippen molar-refractivity contribution in [1.29, 1.82) is 0 Å². The van der Waals surface area contributed by atoms with Crippen molar-refractivity contribution < 1.29 is 14.3 Å². The first-order chi connectivity index (χ1) is 12.6. The fourth-order valence-corrected chi connectivity index (χ4v) is 2.71.